The number of rotatable bonds is 6. The lowest BCUT2D eigenvalue weighted by Crippen LogP contribution is -2.57. The van der Waals surface area contributed by atoms with Gasteiger partial charge < -0.3 is 16.0 Å². The molecule has 0 aromatic carbocycles. The van der Waals surface area contributed by atoms with Gasteiger partial charge in [-0.25, -0.2) is 0 Å². The van der Waals surface area contributed by atoms with Crippen LogP contribution in [0.15, 0.2) is 0 Å². The fourth-order valence-electron chi connectivity index (χ4n) is 4.43. The van der Waals surface area contributed by atoms with Crippen molar-refractivity contribution < 1.29 is 4.79 Å². The van der Waals surface area contributed by atoms with Crippen LogP contribution < -0.4 is 11.1 Å². The minimum absolute atomic E-state index is 0.236. The summed E-state index contributed by atoms with van der Waals surface area (Å²) in [6.45, 7) is 9.35. The van der Waals surface area contributed by atoms with Gasteiger partial charge in [0.1, 0.15) is 0 Å². The van der Waals surface area contributed by atoms with Crippen molar-refractivity contribution in [1.29, 1.82) is 0 Å². The van der Waals surface area contributed by atoms with E-state index >= 15 is 0 Å². The average molecular weight is 295 g/mol. The molecule has 122 valence electrons. The van der Waals surface area contributed by atoms with Gasteiger partial charge in [-0.3, -0.25) is 4.79 Å². The smallest absolute Gasteiger partial charge is 0.237 e. The minimum Gasteiger partial charge on any atom is -0.368 e. The van der Waals surface area contributed by atoms with Crippen molar-refractivity contribution in [2.45, 2.75) is 77.3 Å². The summed E-state index contributed by atoms with van der Waals surface area (Å²) in [6.07, 6.45) is 9.20. The van der Waals surface area contributed by atoms with Crippen LogP contribution in [0.3, 0.4) is 0 Å². The van der Waals surface area contributed by atoms with E-state index in [0.717, 1.165) is 13.0 Å². The maximum atomic E-state index is 11.8. The van der Waals surface area contributed by atoms with Crippen molar-refractivity contribution >= 4 is 5.91 Å². The zero-order valence-electron chi connectivity index (χ0n) is 14.1. The highest BCUT2D eigenvalue weighted by atomic mass is 16.1. The number of nitrogens with zero attached hydrogens (tertiary/aromatic N) is 1. The molecule has 1 aliphatic heterocycles. The van der Waals surface area contributed by atoms with Crippen LogP contribution in [0, 0.1) is 5.41 Å². The fourth-order valence-corrected chi connectivity index (χ4v) is 4.43. The summed E-state index contributed by atoms with van der Waals surface area (Å²) in [4.78, 5) is 14.3. The van der Waals surface area contributed by atoms with E-state index in [-0.39, 0.29) is 5.91 Å². The van der Waals surface area contributed by atoms with E-state index in [1.807, 2.05) is 13.8 Å². The molecule has 21 heavy (non-hydrogen) atoms. The Labute approximate surface area is 129 Å². The molecule has 1 heterocycles. The Balaban J connectivity index is 1.89. The van der Waals surface area contributed by atoms with Crippen LogP contribution in [0.2, 0.25) is 0 Å². The lowest BCUT2D eigenvalue weighted by Gasteiger charge is -2.43. The number of hydrogen-bond acceptors (Lipinski definition) is 3. The van der Waals surface area contributed by atoms with Crippen LogP contribution in [0.25, 0.3) is 0 Å². The van der Waals surface area contributed by atoms with Gasteiger partial charge in [0.25, 0.3) is 0 Å². The molecule has 1 spiro atoms. The van der Waals surface area contributed by atoms with E-state index < -0.39 is 5.54 Å². The molecule has 2 atom stereocenters. The molecule has 1 saturated carbocycles. The standard InChI is InChI=1S/C17H33N3O/c1-4-19-16(3,15(18)21)13-14(2)20-11-9-17(10-12-20)7-5-6-8-17/h14,19H,4-13H2,1-3H3,(H2,18,21). The SMILES string of the molecule is CCNC(C)(CC(C)N1CCC2(CCCC2)CC1)C(N)=O. The first-order chi connectivity index (χ1) is 9.91. The van der Waals surface area contributed by atoms with Gasteiger partial charge in [0.05, 0.1) is 5.54 Å². The number of piperidine rings is 1. The van der Waals surface area contributed by atoms with Crippen LogP contribution >= 0.6 is 0 Å². The Morgan fingerprint density at radius 2 is 1.86 bits per heavy atom. The molecule has 0 aromatic heterocycles. The molecular weight excluding hydrogens is 262 g/mol. The summed E-state index contributed by atoms with van der Waals surface area (Å²) >= 11 is 0. The predicted octanol–water partition coefficient (Wildman–Crippen LogP) is 2.27. The molecule has 2 unspecified atom stereocenters. The number of likely N-dealkylation sites (tertiary alicyclic amines) is 1. The third-order valence-corrected chi connectivity index (χ3v) is 5.96. The predicted molar refractivity (Wildman–Crippen MR) is 87.1 cm³/mol. The van der Waals surface area contributed by atoms with E-state index in [1.165, 1.54) is 51.6 Å². The molecule has 3 N–H and O–H groups in total. The van der Waals surface area contributed by atoms with Crippen molar-refractivity contribution in [2.24, 2.45) is 11.1 Å². The molecule has 1 saturated heterocycles. The zero-order chi connectivity index (χ0) is 15.5. The summed E-state index contributed by atoms with van der Waals surface area (Å²) in [5.74, 6) is -0.236. The largest absolute Gasteiger partial charge is 0.368 e. The van der Waals surface area contributed by atoms with E-state index in [0.29, 0.717) is 11.5 Å². The Morgan fingerprint density at radius 3 is 2.33 bits per heavy atom. The first-order valence-electron chi connectivity index (χ1n) is 8.70. The third-order valence-electron chi connectivity index (χ3n) is 5.96. The van der Waals surface area contributed by atoms with Crippen molar-refractivity contribution in [3.63, 3.8) is 0 Å². The lowest BCUT2D eigenvalue weighted by atomic mass is 9.76. The van der Waals surface area contributed by atoms with Gasteiger partial charge in [-0.1, -0.05) is 19.8 Å². The monoisotopic (exact) mass is 295 g/mol. The summed E-state index contributed by atoms with van der Waals surface area (Å²) < 4.78 is 0. The second-order valence-electron chi connectivity index (χ2n) is 7.52. The number of likely N-dealkylation sites (N-methyl/N-ethyl adjacent to an activating group) is 1. The van der Waals surface area contributed by atoms with Crippen molar-refractivity contribution in [2.75, 3.05) is 19.6 Å². The molecule has 2 fully saturated rings. The number of carbonyl (C=O) groups is 1. The average Bonchev–Trinajstić information content (AvgIpc) is 2.88. The summed E-state index contributed by atoms with van der Waals surface area (Å²) in [5, 5.41) is 3.28. The maximum Gasteiger partial charge on any atom is 0.237 e. The van der Waals surface area contributed by atoms with Gasteiger partial charge in [0.15, 0.2) is 0 Å². The maximum absolute atomic E-state index is 11.8. The molecule has 2 rings (SSSR count). The van der Waals surface area contributed by atoms with E-state index in [4.69, 9.17) is 5.73 Å². The van der Waals surface area contributed by atoms with Gasteiger partial charge >= 0.3 is 0 Å². The Morgan fingerprint density at radius 1 is 1.29 bits per heavy atom. The number of primary amides is 1. The topological polar surface area (TPSA) is 58.4 Å². The summed E-state index contributed by atoms with van der Waals surface area (Å²) in [7, 11) is 0. The summed E-state index contributed by atoms with van der Waals surface area (Å²) in [5.41, 5.74) is 5.68. The normalized spacial score (nSPS) is 26.6. The van der Waals surface area contributed by atoms with Gasteiger partial charge in [0.2, 0.25) is 5.91 Å². The number of nitrogens with two attached hydrogens (primary N) is 1. The van der Waals surface area contributed by atoms with Crippen molar-refractivity contribution in [1.82, 2.24) is 10.2 Å². The molecule has 1 aliphatic carbocycles. The Hall–Kier alpha value is -0.610. The highest BCUT2D eigenvalue weighted by molar-refractivity contribution is 5.84. The number of nitrogens with one attached hydrogen (secondary N) is 1. The van der Waals surface area contributed by atoms with E-state index in [2.05, 4.69) is 17.1 Å². The molecule has 0 aromatic rings. The number of carbonyl (C=O) groups excluding carboxylic acids is 1. The molecule has 4 heteroatoms. The number of amides is 1. The van der Waals surface area contributed by atoms with Crippen LogP contribution in [-0.4, -0.2) is 42.0 Å². The highest BCUT2D eigenvalue weighted by Crippen LogP contribution is 2.46. The molecular formula is C17H33N3O. The van der Waals surface area contributed by atoms with Crippen LogP contribution in [0.5, 0.6) is 0 Å². The number of hydrogen-bond donors (Lipinski definition) is 2. The van der Waals surface area contributed by atoms with Gasteiger partial charge in [-0.15, -0.1) is 0 Å². The zero-order valence-corrected chi connectivity index (χ0v) is 14.1. The molecule has 4 nitrogen and oxygen atoms in total. The van der Waals surface area contributed by atoms with Crippen LogP contribution in [0.4, 0.5) is 0 Å². The van der Waals surface area contributed by atoms with Gasteiger partial charge in [-0.2, -0.15) is 0 Å². The van der Waals surface area contributed by atoms with Crippen LogP contribution in [0.1, 0.15) is 65.7 Å². The highest BCUT2D eigenvalue weighted by Gasteiger charge is 2.39. The van der Waals surface area contributed by atoms with E-state index in [1.54, 1.807) is 0 Å². The molecule has 0 bridgehead atoms. The molecule has 0 radical (unpaired) electrons. The van der Waals surface area contributed by atoms with E-state index in [9.17, 15) is 4.79 Å². The first kappa shape index (κ1) is 16.8. The van der Waals surface area contributed by atoms with Gasteiger partial charge in [0, 0.05) is 6.04 Å². The lowest BCUT2D eigenvalue weighted by molar-refractivity contribution is -0.124. The quantitative estimate of drug-likeness (QED) is 0.790. The Bertz CT molecular complexity index is 355. The minimum atomic E-state index is -0.587. The van der Waals surface area contributed by atoms with Crippen molar-refractivity contribution in [3.05, 3.63) is 0 Å². The fraction of sp³-hybridized carbons (Fsp3) is 0.941. The molecule has 1 amide bonds. The Kier molecular flexibility index (Phi) is 5.31. The second-order valence-corrected chi connectivity index (χ2v) is 7.52. The molecule has 2 aliphatic rings. The first-order valence-corrected chi connectivity index (χ1v) is 8.70. The van der Waals surface area contributed by atoms with Crippen molar-refractivity contribution in [3.8, 4) is 0 Å². The van der Waals surface area contributed by atoms with Gasteiger partial charge in [-0.05, 0) is 71.0 Å². The second kappa shape index (κ2) is 6.66. The van der Waals surface area contributed by atoms with Crippen LogP contribution in [-0.2, 0) is 4.79 Å². The third kappa shape index (κ3) is 3.78. The summed E-state index contributed by atoms with van der Waals surface area (Å²) in [6, 6.07) is 0.403.